The first-order chi connectivity index (χ1) is 13.6. The number of hydrogen-bond acceptors (Lipinski definition) is 4. The summed E-state index contributed by atoms with van der Waals surface area (Å²) < 4.78 is 11.1. The normalized spacial score (nSPS) is 11.5. The first-order valence-electron chi connectivity index (χ1n) is 9.66. The van der Waals surface area contributed by atoms with Crippen LogP contribution in [0, 0.1) is 0 Å². The van der Waals surface area contributed by atoms with Gasteiger partial charge in [-0.15, -0.1) is 6.58 Å². The van der Waals surface area contributed by atoms with Gasteiger partial charge in [-0.25, -0.2) is 4.79 Å². The molecule has 0 bridgehead atoms. The summed E-state index contributed by atoms with van der Waals surface area (Å²) in [7, 11) is 1.55. The van der Waals surface area contributed by atoms with Gasteiger partial charge in [-0.1, -0.05) is 48.1 Å². The number of benzene rings is 2. The Balaban J connectivity index is 2.59. The summed E-state index contributed by atoms with van der Waals surface area (Å²) in [4.78, 5) is 12.9. The van der Waals surface area contributed by atoms with E-state index in [9.17, 15) is 9.90 Å². The standard InChI is InChI=1S/C25H30O4/c1-17(2)12-15-20-21(28-6)16-19(14-13-18-10-8-7-9-11-18)22(23(20)26)24(27)29-25(3,4)5/h7-11,13-14,16,26H,1,12,15H2,2-6H3. The van der Waals surface area contributed by atoms with Crippen LogP contribution < -0.4 is 4.74 Å². The first kappa shape index (κ1) is 22.3. The number of methoxy groups -OCH3 is 1. The summed E-state index contributed by atoms with van der Waals surface area (Å²) in [6.45, 7) is 11.2. The van der Waals surface area contributed by atoms with Crippen LogP contribution in [0.5, 0.6) is 11.5 Å². The molecule has 2 rings (SSSR count). The number of carbonyl (C=O) groups is 1. The molecule has 0 radical (unpaired) electrons. The van der Waals surface area contributed by atoms with Crippen molar-refractivity contribution in [2.75, 3.05) is 7.11 Å². The molecule has 29 heavy (non-hydrogen) atoms. The van der Waals surface area contributed by atoms with E-state index in [2.05, 4.69) is 6.58 Å². The Morgan fingerprint density at radius 1 is 1.17 bits per heavy atom. The molecule has 0 aliphatic carbocycles. The molecule has 0 atom stereocenters. The van der Waals surface area contributed by atoms with Crippen LogP contribution in [-0.2, 0) is 11.2 Å². The lowest BCUT2D eigenvalue weighted by molar-refractivity contribution is 0.00663. The molecule has 2 aromatic rings. The minimum Gasteiger partial charge on any atom is -0.507 e. The zero-order chi connectivity index (χ0) is 21.6. The molecule has 4 heteroatoms. The fourth-order valence-corrected chi connectivity index (χ4v) is 2.89. The van der Waals surface area contributed by atoms with Crippen molar-refractivity contribution in [3.05, 3.63) is 70.8 Å². The van der Waals surface area contributed by atoms with E-state index in [-0.39, 0.29) is 11.3 Å². The third kappa shape index (κ3) is 6.24. The second-order valence-electron chi connectivity index (χ2n) is 8.07. The monoisotopic (exact) mass is 394 g/mol. The molecule has 0 spiro atoms. The highest BCUT2D eigenvalue weighted by Crippen LogP contribution is 2.37. The van der Waals surface area contributed by atoms with Gasteiger partial charge in [0.15, 0.2) is 0 Å². The first-order valence-corrected chi connectivity index (χ1v) is 9.66. The zero-order valence-corrected chi connectivity index (χ0v) is 17.9. The summed E-state index contributed by atoms with van der Waals surface area (Å²) in [6.07, 6.45) is 4.87. The minimum atomic E-state index is -0.679. The number of carbonyl (C=O) groups excluding carboxylic acids is 1. The van der Waals surface area contributed by atoms with E-state index in [1.807, 2.05) is 43.3 Å². The van der Waals surface area contributed by atoms with Crippen LogP contribution in [0.25, 0.3) is 12.2 Å². The van der Waals surface area contributed by atoms with Gasteiger partial charge in [-0.2, -0.15) is 0 Å². The molecule has 0 unspecified atom stereocenters. The second-order valence-corrected chi connectivity index (χ2v) is 8.07. The van der Waals surface area contributed by atoms with E-state index < -0.39 is 11.6 Å². The largest absolute Gasteiger partial charge is 0.507 e. The average molecular weight is 395 g/mol. The van der Waals surface area contributed by atoms with Crippen molar-refractivity contribution in [1.82, 2.24) is 0 Å². The van der Waals surface area contributed by atoms with Crippen molar-refractivity contribution in [3.63, 3.8) is 0 Å². The van der Waals surface area contributed by atoms with E-state index in [0.717, 1.165) is 11.1 Å². The molecule has 154 valence electrons. The van der Waals surface area contributed by atoms with Gasteiger partial charge in [-0.05, 0) is 57.7 Å². The van der Waals surface area contributed by atoms with Crippen molar-refractivity contribution in [3.8, 4) is 11.5 Å². The lowest BCUT2D eigenvalue weighted by atomic mass is 9.96. The van der Waals surface area contributed by atoms with Crippen molar-refractivity contribution < 1.29 is 19.4 Å². The number of phenols is 1. The lowest BCUT2D eigenvalue weighted by Gasteiger charge is -2.22. The van der Waals surface area contributed by atoms with Gasteiger partial charge >= 0.3 is 5.97 Å². The van der Waals surface area contributed by atoms with Gasteiger partial charge < -0.3 is 14.6 Å². The Morgan fingerprint density at radius 3 is 2.38 bits per heavy atom. The minimum absolute atomic E-state index is 0.104. The number of phenolic OH excluding ortho intramolecular Hbond substituents is 1. The Morgan fingerprint density at radius 2 is 1.83 bits per heavy atom. The van der Waals surface area contributed by atoms with Gasteiger partial charge in [0.1, 0.15) is 22.7 Å². The Hall–Kier alpha value is -3.01. The lowest BCUT2D eigenvalue weighted by Crippen LogP contribution is -2.24. The molecule has 0 fully saturated rings. The number of allylic oxidation sites excluding steroid dienone is 1. The molecule has 4 nitrogen and oxygen atoms in total. The summed E-state index contributed by atoms with van der Waals surface area (Å²) in [6, 6.07) is 11.5. The maximum Gasteiger partial charge on any atom is 0.343 e. The van der Waals surface area contributed by atoms with E-state index in [1.54, 1.807) is 40.0 Å². The van der Waals surface area contributed by atoms with E-state index in [4.69, 9.17) is 9.47 Å². The number of esters is 1. The topological polar surface area (TPSA) is 55.8 Å². The number of ether oxygens (including phenoxy) is 2. The van der Waals surface area contributed by atoms with Crippen LogP contribution in [0.4, 0.5) is 0 Å². The van der Waals surface area contributed by atoms with Crippen LogP contribution in [0.15, 0.2) is 48.6 Å². The molecule has 1 N–H and O–H groups in total. The summed E-state index contributed by atoms with van der Waals surface area (Å²) >= 11 is 0. The van der Waals surface area contributed by atoms with Gasteiger partial charge in [0.25, 0.3) is 0 Å². The average Bonchev–Trinajstić information content (AvgIpc) is 2.64. The van der Waals surface area contributed by atoms with Crippen molar-refractivity contribution in [1.29, 1.82) is 0 Å². The second kappa shape index (κ2) is 9.46. The molecular formula is C25H30O4. The van der Waals surface area contributed by atoms with Gasteiger partial charge in [0.05, 0.1) is 7.11 Å². The smallest absolute Gasteiger partial charge is 0.343 e. The predicted molar refractivity (Wildman–Crippen MR) is 118 cm³/mol. The third-order valence-corrected chi connectivity index (χ3v) is 4.27. The molecule has 0 saturated carbocycles. The number of rotatable bonds is 7. The van der Waals surface area contributed by atoms with E-state index in [1.165, 1.54) is 0 Å². The number of hydrogen-bond donors (Lipinski definition) is 1. The van der Waals surface area contributed by atoms with Crippen molar-refractivity contribution >= 4 is 18.1 Å². The fourth-order valence-electron chi connectivity index (χ4n) is 2.89. The van der Waals surface area contributed by atoms with Crippen LogP contribution in [0.1, 0.15) is 61.2 Å². The Bertz CT molecular complexity index is 903. The summed E-state index contributed by atoms with van der Waals surface area (Å²) in [5, 5.41) is 11.0. The SMILES string of the molecule is C=C(C)CCc1c(OC)cc(C=Cc2ccccc2)c(C(=O)OC(C)(C)C)c1O. The Labute approximate surface area is 173 Å². The quantitative estimate of drug-likeness (QED) is 0.354. The van der Waals surface area contributed by atoms with Gasteiger partial charge in [0.2, 0.25) is 0 Å². The maximum absolute atomic E-state index is 12.9. The Kier molecular flexibility index (Phi) is 7.27. The molecule has 0 aliphatic heterocycles. The van der Waals surface area contributed by atoms with Crippen LogP contribution in [0.2, 0.25) is 0 Å². The third-order valence-electron chi connectivity index (χ3n) is 4.27. The zero-order valence-electron chi connectivity index (χ0n) is 17.9. The maximum atomic E-state index is 12.9. The molecule has 0 aromatic heterocycles. The van der Waals surface area contributed by atoms with Crippen LogP contribution >= 0.6 is 0 Å². The highest BCUT2D eigenvalue weighted by molar-refractivity contribution is 5.99. The van der Waals surface area contributed by atoms with E-state index >= 15 is 0 Å². The molecule has 2 aromatic carbocycles. The molecular weight excluding hydrogens is 364 g/mol. The van der Waals surface area contributed by atoms with E-state index in [0.29, 0.717) is 29.7 Å². The van der Waals surface area contributed by atoms with Gasteiger partial charge in [0, 0.05) is 5.56 Å². The van der Waals surface area contributed by atoms with Crippen molar-refractivity contribution in [2.45, 2.75) is 46.1 Å². The highest BCUT2D eigenvalue weighted by Gasteiger charge is 2.26. The molecule has 0 amide bonds. The highest BCUT2D eigenvalue weighted by atomic mass is 16.6. The van der Waals surface area contributed by atoms with Crippen LogP contribution in [0.3, 0.4) is 0 Å². The fraction of sp³-hybridized carbons (Fsp3) is 0.320. The van der Waals surface area contributed by atoms with Gasteiger partial charge in [-0.3, -0.25) is 0 Å². The van der Waals surface area contributed by atoms with Crippen molar-refractivity contribution in [2.24, 2.45) is 0 Å². The molecule has 0 saturated heterocycles. The number of aromatic hydroxyl groups is 1. The predicted octanol–water partition coefficient (Wildman–Crippen LogP) is 6.04. The van der Waals surface area contributed by atoms with Crippen LogP contribution in [-0.4, -0.2) is 23.8 Å². The molecule has 0 aliphatic rings. The summed E-state index contributed by atoms with van der Waals surface area (Å²) in [5.41, 5.74) is 2.54. The summed E-state index contributed by atoms with van der Waals surface area (Å²) in [5.74, 6) is -0.140. The molecule has 0 heterocycles.